The van der Waals surface area contributed by atoms with Crippen LogP contribution >= 0.6 is 0 Å². The summed E-state index contributed by atoms with van der Waals surface area (Å²) in [5.74, 6) is 1.08. The van der Waals surface area contributed by atoms with Crippen LogP contribution in [-0.4, -0.2) is 47.5 Å². The van der Waals surface area contributed by atoms with E-state index in [2.05, 4.69) is 47.4 Å². The highest BCUT2D eigenvalue weighted by molar-refractivity contribution is 5.73. The number of likely N-dealkylation sites (tertiary alicyclic amines) is 1. The van der Waals surface area contributed by atoms with Crippen molar-refractivity contribution < 1.29 is 9.53 Å². The summed E-state index contributed by atoms with van der Waals surface area (Å²) < 4.78 is 6.64. The van der Waals surface area contributed by atoms with Crippen molar-refractivity contribution in [3.63, 3.8) is 0 Å². The highest BCUT2D eigenvalue weighted by Gasteiger charge is 2.39. The summed E-state index contributed by atoms with van der Waals surface area (Å²) in [5, 5.41) is 0. The van der Waals surface area contributed by atoms with Gasteiger partial charge in [-0.2, -0.15) is 0 Å². The van der Waals surface area contributed by atoms with Gasteiger partial charge in [-0.3, -0.25) is 4.79 Å². The lowest BCUT2D eigenvalue weighted by molar-refractivity contribution is -0.132. The Kier molecular flexibility index (Phi) is 5.67. The first-order valence-corrected chi connectivity index (χ1v) is 10.4. The second kappa shape index (κ2) is 8.36. The van der Waals surface area contributed by atoms with Gasteiger partial charge in [0.2, 0.25) is 5.91 Å². The van der Waals surface area contributed by atoms with Crippen molar-refractivity contribution in [1.29, 1.82) is 0 Å². The highest BCUT2D eigenvalue weighted by Crippen LogP contribution is 2.35. The maximum atomic E-state index is 12.3. The Hall–Kier alpha value is -2.33. The van der Waals surface area contributed by atoms with Crippen molar-refractivity contribution in [3.05, 3.63) is 65.7 Å². The quantitative estimate of drug-likeness (QED) is 0.812. The van der Waals surface area contributed by atoms with Gasteiger partial charge in [0.15, 0.2) is 0 Å². The zero-order chi connectivity index (χ0) is 19.4. The van der Waals surface area contributed by atoms with Gasteiger partial charge in [0.05, 0.1) is 6.54 Å². The first-order valence-electron chi connectivity index (χ1n) is 10.4. The number of benzene rings is 2. The minimum absolute atomic E-state index is 0.129. The van der Waals surface area contributed by atoms with Crippen molar-refractivity contribution in [2.45, 2.75) is 44.8 Å². The van der Waals surface area contributed by atoms with E-state index in [1.165, 1.54) is 5.56 Å². The minimum Gasteiger partial charge on any atom is -0.485 e. The number of amides is 1. The van der Waals surface area contributed by atoms with Gasteiger partial charge < -0.3 is 14.5 Å². The van der Waals surface area contributed by atoms with Gasteiger partial charge in [-0.25, -0.2) is 0 Å². The molecule has 2 aromatic carbocycles. The number of hydrogen-bond donors (Lipinski definition) is 0. The molecule has 148 valence electrons. The van der Waals surface area contributed by atoms with Crippen LogP contribution in [0.3, 0.4) is 0 Å². The van der Waals surface area contributed by atoms with Crippen molar-refractivity contribution in [2.75, 3.05) is 26.2 Å². The molecule has 0 bridgehead atoms. The standard InChI is InChI=1S/C24H30N2O2/c1-20(27)26-18-22-10-5-6-11-23(22)28-24(19-26)13-7-15-25(17-14-24)16-12-21-8-3-2-4-9-21/h2-6,8-11H,7,12-19H2,1H3. The zero-order valence-electron chi connectivity index (χ0n) is 16.8. The van der Waals surface area contributed by atoms with Crippen LogP contribution in [0.4, 0.5) is 0 Å². The molecule has 0 aliphatic carbocycles. The van der Waals surface area contributed by atoms with Crippen LogP contribution in [0.25, 0.3) is 0 Å². The Morgan fingerprint density at radius 3 is 2.64 bits per heavy atom. The van der Waals surface area contributed by atoms with Crippen molar-refractivity contribution in [1.82, 2.24) is 9.80 Å². The number of fused-ring (bicyclic) bond motifs is 1. The Morgan fingerprint density at radius 2 is 1.82 bits per heavy atom. The number of para-hydroxylation sites is 1. The molecule has 0 radical (unpaired) electrons. The topological polar surface area (TPSA) is 32.8 Å². The second-order valence-corrected chi connectivity index (χ2v) is 8.20. The Balaban J connectivity index is 1.47. The third kappa shape index (κ3) is 4.39. The predicted octanol–water partition coefficient (Wildman–Crippen LogP) is 3.89. The maximum absolute atomic E-state index is 12.3. The van der Waals surface area contributed by atoms with E-state index in [0.717, 1.165) is 56.6 Å². The predicted molar refractivity (Wildman–Crippen MR) is 111 cm³/mol. The van der Waals surface area contributed by atoms with E-state index in [1.54, 1.807) is 6.92 Å². The lowest BCUT2D eigenvalue weighted by Gasteiger charge is -2.35. The molecular weight excluding hydrogens is 348 g/mol. The van der Waals surface area contributed by atoms with Crippen LogP contribution in [0, 0.1) is 0 Å². The molecule has 28 heavy (non-hydrogen) atoms. The molecule has 2 aromatic rings. The van der Waals surface area contributed by atoms with Crippen LogP contribution in [-0.2, 0) is 17.8 Å². The fourth-order valence-corrected chi connectivity index (χ4v) is 4.47. The summed E-state index contributed by atoms with van der Waals surface area (Å²) in [6.07, 6.45) is 4.13. The van der Waals surface area contributed by atoms with Crippen LogP contribution < -0.4 is 4.74 Å². The van der Waals surface area contributed by atoms with Gasteiger partial charge in [0.25, 0.3) is 0 Å². The van der Waals surface area contributed by atoms with Gasteiger partial charge in [0, 0.05) is 38.5 Å². The fourth-order valence-electron chi connectivity index (χ4n) is 4.47. The maximum Gasteiger partial charge on any atom is 0.219 e. The molecule has 1 saturated heterocycles. The smallest absolute Gasteiger partial charge is 0.219 e. The summed E-state index contributed by atoms with van der Waals surface area (Å²) in [5.41, 5.74) is 2.23. The van der Waals surface area contributed by atoms with E-state index in [9.17, 15) is 4.79 Å². The zero-order valence-corrected chi connectivity index (χ0v) is 16.8. The van der Waals surface area contributed by atoms with E-state index < -0.39 is 0 Å². The lowest BCUT2D eigenvalue weighted by Crippen LogP contribution is -2.47. The van der Waals surface area contributed by atoms with Crippen LogP contribution in [0.5, 0.6) is 5.75 Å². The van der Waals surface area contributed by atoms with E-state index in [-0.39, 0.29) is 11.5 Å². The number of carbonyl (C=O) groups excluding carboxylic acids is 1. The summed E-state index contributed by atoms with van der Waals surface area (Å²) in [4.78, 5) is 16.8. The van der Waals surface area contributed by atoms with E-state index in [1.807, 2.05) is 17.0 Å². The molecule has 0 N–H and O–H groups in total. The molecule has 1 atom stereocenters. The summed E-state index contributed by atoms with van der Waals surface area (Å²) in [6, 6.07) is 18.9. The molecule has 1 fully saturated rings. The van der Waals surface area contributed by atoms with Crippen LogP contribution in [0.2, 0.25) is 0 Å². The minimum atomic E-state index is -0.278. The van der Waals surface area contributed by atoms with Gasteiger partial charge in [-0.05, 0) is 37.4 Å². The van der Waals surface area contributed by atoms with Crippen molar-refractivity contribution in [2.24, 2.45) is 0 Å². The van der Waals surface area contributed by atoms with Crippen molar-refractivity contribution >= 4 is 5.91 Å². The largest absolute Gasteiger partial charge is 0.485 e. The van der Waals surface area contributed by atoms with Crippen LogP contribution in [0.15, 0.2) is 54.6 Å². The third-order valence-electron chi connectivity index (χ3n) is 6.13. The van der Waals surface area contributed by atoms with E-state index in [0.29, 0.717) is 13.1 Å². The average molecular weight is 379 g/mol. The average Bonchev–Trinajstić information content (AvgIpc) is 3.00. The highest BCUT2D eigenvalue weighted by atomic mass is 16.5. The molecule has 4 rings (SSSR count). The molecular formula is C24H30N2O2. The first-order chi connectivity index (χ1) is 13.6. The Morgan fingerprint density at radius 1 is 1.04 bits per heavy atom. The normalized spacial score (nSPS) is 22.8. The molecule has 1 spiro atoms. The van der Waals surface area contributed by atoms with Gasteiger partial charge in [0.1, 0.15) is 11.4 Å². The monoisotopic (exact) mass is 378 g/mol. The molecule has 0 aromatic heterocycles. The van der Waals surface area contributed by atoms with Gasteiger partial charge >= 0.3 is 0 Å². The molecule has 4 nitrogen and oxygen atoms in total. The van der Waals surface area contributed by atoms with E-state index in [4.69, 9.17) is 4.74 Å². The summed E-state index contributed by atoms with van der Waals surface area (Å²) in [7, 11) is 0. The fraction of sp³-hybridized carbons (Fsp3) is 0.458. The number of rotatable bonds is 3. The molecule has 2 aliphatic heterocycles. The molecule has 2 heterocycles. The molecule has 4 heteroatoms. The van der Waals surface area contributed by atoms with Gasteiger partial charge in [-0.15, -0.1) is 0 Å². The van der Waals surface area contributed by atoms with Gasteiger partial charge in [-0.1, -0.05) is 48.5 Å². The lowest BCUT2D eigenvalue weighted by atomic mass is 9.93. The molecule has 1 unspecified atom stereocenters. The van der Waals surface area contributed by atoms with E-state index >= 15 is 0 Å². The molecule has 1 amide bonds. The first kappa shape index (κ1) is 19.0. The number of carbonyl (C=O) groups is 1. The summed E-state index contributed by atoms with van der Waals surface area (Å²) in [6.45, 7) is 6.19. The summed E-state index contributed by atoms with van der Waals surface area (Å²) >= 11 is 0. The molecule has 2 aliphatic rings. The molecule has 0 saturated carbocycles. The van der Waals surface area contributed by atoms with Crippen LogP contribution in [0.1, 0.15) is 37.3 Å². The van der Waals surface area contributed by atoms with Crippen molar-refractivity contribution in [3.8, 4) is 5.75 Å². The third-order valence-corrected chi connectivity index (χ3v) is 6.13. The number of hydrogen-bond acceptors (Lipinski definition) is 3. The second-order valence-electron chi connectivity index (χ2n) is 8.20. The number of ether oxygens (including phenoxy) is 1. The number of nitrogens with zero attached hydrogens (tertiary/aromatic N) is 2. The Labute approximate surface area is 168 Å². The Bertz CT molecular complexity index is 807. The SMILES string of the molecule is CC(=O)N1Cc2ccccc2OC2(CCCN(CCc3ccccc3)CC2)C1.